The molecule has 14 heteroatoms. The van der Waals surface area contributed by atoms with Gasteiger partial charge in [-0.15, -0.1) is 0 Å². The molecule has 3 aromatic rings. The van der Waals surface area contributed by atoms with E-state index >= 15 is 0 Å². The Morgan fingerprint density at radius 2 is 1.84 bits per heavy atom. The molecule has 5 N–H and O–H groups in total. The molecular weight excluding hydrogens is 686 g/mol. The van der Waals surface area contributed by atoms with Gasteiger partial charge in [-0.2, -0.15) is 0 Å². The zero-order valence-electron chi connectivity index (χ0n) is 28.0. The molecule has 3 amide bonds. The largest absolute Gasteiger partial charge is 0.376 e. The minimum atomic E-state index is -3.47. The van der Waals surface area contributed by atoms with Crippen LogP contribution in [0.1, 0.15) is 71.6 Å². The number of sulfonamides is 1. The predicted molar refractivity (Wildman–Crippen MR) is 196 cm³/mol. The number of halogens is 1. The van der Waals surface area contributed by atoms with Gasteiger partial charge in [0.1, 0.15) is 6.04 Å². The Morgan fingerprint density at radius 1 is 1.12 bits per heavy atom. The number of anilines is 1. The van der Waals surface area contributed by atoms with E-state index in [1.165, 1.54) is 30.6 Å². The molecule has 3 unspecified atom stereocenters. The van der Waals surface area contributed by atoms with Crippen LogP contribution in [0.15, 0.2) is 65.5 Å². The van der Waals surface area contributed by atoms with Crippen LogP contribution >= 0.6 is 22.9 Å². The number of carbonyl (C=O) groups is 3. The van der Waals surface area contributed by atoms with Gasteiger partial charge in [0.05, 0.1) is 21.5 Å². The Labute approximate surface area is 296 Å². The first kappa shape index (κ1) is 38.1. The number of H-pyrrole nitrogens is 1. The average molecular weight is 732 g/mol. The van der Waals surface area contributed by atoms with Crippen LogP contribution < -0.4 is 20.6 Å². The van der Waals surface area contributed by atoms with Crippen molar-refractivity contribution in [1.82, 2.24) is 14.6 Å². The van der Waals surface area contributed by atoms with E-state index in [1.54, 1.807) is 36.1 Å². The summed E-state index contributed by atoms with van der Waals surface area (Å²) in [5.41, 5.74) is 7.02. The fourth-order valence-corrected chi connectivity index (χ4v) is 7.55. The third-order valence-corrected chi connectivity index (χ3v) is 12.2. The van der Waals surface area contributed by atoms with Gasteiger partial charge in [0, 0.05) is 23.2 Å². The Kier molecular flexibility index (Phi) is 13.5. The topological polar surface area (TPSA) is 172 Å². The van der Waals surface area contributed by atoms with Gasteiger partial charge in [-0.1, -0.05) is 67.0 Å². The lowest BCUT2D eigenvalue weighted by Crippen LogP contribution is -2.45. The van der Waals surface area contributed by atoms with Crippen molar-refractivity contribution in [3.8, 4) is 0 Å². The number of thiazole rings is 1. The summed E-state index contributed by atoms with van der Waals surface area (Å²) in [5, 5.41) is 3.65. The highest BCUT2D eigenvalue weighted by Gasteiger charge is 2.52. The molecule has 1 aliphatic heterocycles. The minimum absolute atomic E-state index is 0.0150. The minimum Gasteiger partial charge on any atom is -0.376 e. The van der Waals surface area contributed by atoms with Crippen LogP contribution in [0.25, 0.3) is 10.2 Å². The molecule has 2 saturated carbocycles. The number of aromatic amines is 1. The molecule has 0 spiro atoms. The lowest BCUT2D eigenvalue weighted by atomic mass is 10.2. The number of rotatable bonds is 12. The Hall–Kier alpha value is -3.68. The molecule has 0 radical (unpaired) electrons. The number of aromatic nitrogens is 1. The van der Waals surface area contributed by atoms with E-state index in [9.17, 15) is 27.6 Å². The summed E-state index contributed by atoms with van der Waals surface area (Å²) >= 11 is 7.02. The van der Waals surface area contributed by atoms with Gasteiger partial charge in [-0.25, -0.2) is 8.42 Å². The molecule has 3 aliphatic rings. The van der Waals surface area contributed by atoms with E-state index in [0.29, 0.717) is 30.8 Å². The number of nitrogens with one attached hydrogen (secondary N) is 3. The third kappa shape index (κ3) is 11.2. The van der Waals surface area contributed by atoms with Crippen LogP contribution in [0.3, 0.4) is 0 Å². The van der Waals surface area contributed by atoms with Crippen LogP contribution in [0.5, 0.6) is 0 Å². The molecule has 2 aromatic carbocycles. The van der Waals surface area contributed by atoms with Crippen molar-refractivity contribution >= 4 is 66.6 Å². The molecule has 1 saturated heterocycles. The highest BCUT2D eigenvalue weighted by atomic mass is 35.5. The molecule has 0 bridgehead atoms. The molecule has 1 aromatic heterocycles. The maximum Gasteiger partial charge on any atom is 0.305 e. The van der Waals surface area contributed by atoms with Gasteiger partial charge in [0.15, 0.2) is 0 Å². The van der Waals surface area contributed by atoms with E-state index in [-0.39, 0.29) is 35.1 Å². The summed E-state index contributed by atoms with van der Waals surface area (Å²) in [5.74, 6) is -0.775. The Morgan fingerprint density at radius 3 is 2.49 bits per heavy atom. The molecule has 11 nitrogen and oxygen atoms in total. The van der Waals surface area contributed by atoms with Gasteiger partial charge in [-0.05, 0) is 94.2 Å². The highest BCUT2D eigenvalue weighted by Crippen LogP contribution is 2.44. The molecule has 49 heavy (non-hydrogen) atoms. The summed E-state index contributed by atoms with van der Waals surface area (Å²) in [6.45, 7) is 4.60. The summed E-state index contributed by atoms with van der Waals surface area (Å²) in [7, 11) is -3.47. The number of benzene rings is 2. The van der Waals surface area contributed by atoms with E-state index < -0.39 is 26.7 Å². The van der Waals surface area contributed by atoms with Crippen LogP contribution in [0.4, 0.5) is 5.69 Å². The number of carbonyl (C=O) groups excluding carboxylic acids is 3. The molecule has 3 fully saturated rings. The molecule has 2 heterocycles. The van der Waals surface area contributed by atoms with E-state index in [1.807, 2.05) is 24.3 Å². The second-order valence-corrected chi connectivity index (χ2v) is 16.5. The fourth-order valence-electron chi connectivity index (χ4n) is 5.39. The number of allylic oxidation sites excluding steroid dienone is 2. The number of nitrogens with two attached hydrogens (primary N) is 1. The molecule has 3 atom stereocenters. The van der Waals surface area contributed by atoms with Gasteiger partial charge in [-0.3, -0.25) is 23.9 Å². The van der Waals surface area contributed by atoms with E-state index in [0.717, 1.165) is 35.2 Å². The molecular formula is C35H46ClN5O6S2. The zero-order valence-corrected chi connectivity index (χ0v) is 30.3. The fraction of sp³-hybridized carbons (Fsp3) is 0.486. The summed E-state index contributed by atoms with van der Waals surface area (Å²) < 4.78 is 26.5. The van der Waals surface area contributed by atoms with E-state index in [2.05, 4.69) is 34.1 Å². The molecule has 2 aliphatic carbocycles. The molecule has 6 rings (SSSR count). The number of hydrogen-bond donors (Lipinski definition) is 4. The predicted octanol–water partition coefficient (Wildman–Crippen LogP) is 5.58. The number of likely N-dealkylation sites (tertiary alicyclic amines) is 1. The summed E-state index contributed by atoms with van der Waals surface area (Å²) in [6, 6.07) is 14.3. The number of fused-ring (bicyclic) bond motifs is 1. The standard InChI is InChI=1S/C15H25NO3S.C13H16ClN3O2.C7H5NOS/c1-3-4-5-6-7-8-12-11-13(12)14(17)16-20(18,19)15(2)9-10-15;14-9-3-5-10(6-4-9)16-8-12(18)17-7-1-2-11(17)13(15)19;9-7-8-5-3-1-2-4-6(5)10-7/h7-8,12-13H,3-6,9-11H2,1-2H3,(H,16,17);3-6,11,16H,1-2,7-8H2,(H2,15,19);1-4H,(H,8,9)/b8-7-;;. The number of amides is 3. The van der Waals surface area contributed by atoms with Crippen molar-refractivity contribution in [1.29, 1.82) is 0 Å². The maximum atomic E-state index is 12.0. The Balaban J connectivity index is 0.000000174. The van der Waals surface area contributed by atoms with Crippen molar-refractivity contribution in [2.75, 3.05) is 18.4 Å². The van der Waals surface area contributed by atoms with E-state index in [4.69, 9.17) is 17.3 Å². The smallest absolute Gasteiger partial charge is 0.305 e. The van der Waals surface area contributed by atoms with Crippen molar-refractivity contribution in [2.24, 2.45) is 17.6 Å². The highest BCUT2D eigenvalue weighted by molar-refractivity contribution is 7.91. The van der Waals surface area contributed by atoms with Gasteiger partial charge >= 0.3 is 4.87 Å². The van der Waals surface area contributed by atoms with Crippen LogP contribution in [-0.4, -0.2) is 59.9 Å². The van der Waals surface area contributed by atoms with Crippen LogP contribution in [-0.2, 0) is 24.4 Å². The van der Waals surface area contributed by atoms with Crippen LogP contribution in [0.2, 0.25) is 5.02 Å². The number of unbranched alkanes of at least 4 members (excludes halogenated alkanes) is 3. The number of nitrogens with zero attached hydrogens (tertiary/aromatic N) is 1. The normalized spacial score (nSPS) is 20.5. The van der Waals surface area contributed by atoms with Crippen molar-refractivity contribution in [3.05, 3.63) is 75.4 Å². The SMILES string of the molecule is CCCCC/C=C\C1CC1C(=O)NS(=O)(=O)C1(C)CC1.NC(=O)C1CCCN1C(=O)CNc1ccc(Cl)cc1.O=c1[nH]c2ccccc2s1. The van der Waals surface area contributed by atoms with Gasteiger partial charge in [0.2, 0.25) is 27.7 Å². The van der Waals surface area contributed by atoms with Crippen LogP contribution in [0, 0.1) is 11.8 Å². The van der Waals surface area contributed by atoms with Crippen molar-refractivity contribution in [3.63, 3.8) is 0 Å². The molecule has 266 valence electrons. The first-order valence-electron chi connectivity index (χ1n) is 16.7. The van der Waals surface area contributed by atoms with Crippen molar-refractivity contribution in [2.45, 2.75) is 82.4 Å². The number of hydrogen-bond acceptors (Lipinski definition) is 8. The third-order valence-electron chi connectivity index (χ3n) is 8.89. The average Bonchev–Trinajstić information content (AvgIpc) is 3.91. The van der Waals surface area contributed by atoms with Gasteiger partial charge in [0.25, 0.3) is 0 Å². The first-order valence-corrected chi connectivity index (χ1v) is 19.4. The quantitative estimate of drug-likeness (QED) is 0.139. The van der Waals surface area contributed by atoms with Crippen molar-refractivity contribution < 1.29 is 22.8 Å². The maximum absolute atomic E-state index is 12.0. The monoisotopic (exact) mass is 731 g/mol. The number of para-hydroxylation sites is 1. The van der Waals surface area contributed by atoms with Gasteiger partial charge < -0.3 is 20.9 Å². The summed E-state index contributed by atoms with van der Waals surface area (Å²) in [6.07, 6.45) is 12.4. The Bertz CT molecular complexity index is 1750. The summed E-state index contributed by atoms with van der Waals surface area (Å²) in [4.78, 5) is 50.2. The lowest BCUT2D eigenvalue weighted by Gasteiger charge is -2.22. The lowest BCUT2D eigenvalue weighted by molar-refractivity contribution is -0.135. The zero-order chi connectivity index (χ0) is 35.6. The second kappa shape index (κ2) is 17.3. The second-order valence-electron chi connectivity index (χ2n) is 12.9. The first-order chi connectivity index (χ1) is 23.3. The number of primary amides is 1.